The molecule has 0 saturated heterocycles. The quantitative estimate of drug-likeness (QED) is 0.840. The van der Waals surface area contributed by atoms with Crippen LogP contribution in [0.2, 0.25) is 10.3 Å². The minimum absolute atomic E-state index is 0.212. The van der Waals surface area contributed by atoms with Gasteiger partial charge < -0.3 is 11.5 Å². The second-order valence-corrected chi connectivity index (χ2v) is 4.93. The van der Waals surface area contributed by atoms with Crippen LogP contribution in [-0.4, -0.2) is 22.4 Å². The molecule has 0 aromatic carbocycles. The number of carbonyl (C=O) groups is 1. The number of nitrogens with two attached hydrogens (primary N) is 2. The van der Waals surface area contributed by atoms with Crippen molar-refractivity contribution >= 4 is 29.1 Å². The van der Waals surface area contributed by atoms with Crippen molar-refractivity contribution < 1.29 is 4.79 Å². The molecule has 7 heteroatoms. The van der Waals surface area contributed by atoms with Crippen molar-refractivity contribution in [1.82, 2.24) is 9.97 Å². The zero-order valence-electron chi connectivity index (χ0n) is 11.3. The smallest absolute Gasteiger partial charge is 0.221 e. The third kappa shape index (κ3) is 7.60. The lowest BCUT2D eigenvalue weighted by molar-refractivity contribution is -0.117. The van der Waals surface area contributed by atoms with E-state index in [1.54, 1.807) is 24.4 Å². The fourth-order valence-corrected chi connectivity index (χ4v) is 1.66. The topological polar surface area (TPSA) is 94.9 Å². The minimum atomic E-state index is -0.367. The fraction of sp³-hybridized carbons (Fsp3) is 0.214. The number of pyridine rings is 2. The molecule has 2 aromatic rings. The van der Waals surface area contributed by atoms with Gasteiger partial charge in [0.2, 0.25) is 5.91 Å². The van der Waals surface area contributed by atoms with Crippen LogP contribution in [0.1, 0.15) is 11.1 Å². The summed E-state index contributed by atoms with van der Waals surface area (Å²) in [5, 5.41) is 0.944. The second-order valence-electron chi connectivity index (χ2n) is 4.16. The summed E-state index contributed by atoms with van der Waals surface area (Å²) in [6, 6.07) is 7.05. The Balaban J connectivity index is 0.000000211. The highest BCUT2D eigenvalue weighted by Crippen LogP contribution is 2.05. The molecule has 0 unspecified atom stereocenters. The molecule has 0 aliphatic carbocycles. The lowest BCUT2D eigenvalue weighted by Crippen LogP contribution is -2.13. The predicted molar refractivity (Wildman–Crippen MR) is 84.2 cm³/mol. The number of carbonyl (C=O) groups excluding carboxylic acids is 1. The van der Waals surface area contributed by atoms with Gasteiger partial charge in [-0.25, -0.2) is 9.97 Å². The molecule has 1 amide bonds. The Morgan fingerprint density at radius 1 is 1.00 bits per heavy atom. The van der Waals surface area contributed by atoms with E-state index in [9.17, 15) is 4.79 Å². The van der Waals surface area contributed by atoms with Gasteiger partial charge in [0, 0.05) is 12.4 Å². The molecule has 0 radical (unpaired) electrons. The van der Waals surface area contributed by atoms with Gasteiger partial charge in [0.1, 0.15) is 10.3 Å². The predicted octanol–water partition coefficient (Wildman–Crippen LogP) is 2.00. The highest BCUT2D eigenvalue weighted by Gasteiger charge is 1.97. The van der Waals surface area contributed by atoms with Gasteiger partial charge >= 0.3 is 0 Å². The highest BCUT2D eigenvalue weighted by atomic mass is 35.5. The largest absolute Gasteiger partial charge is 0.369 e. The molecule has 0 atom stereocenters. The van der Waals surface area contributed by atoms with Crippen LogP contribution in [0.3, 0.4) is 0 Å². The van der Waals surface area contributed by atoms with Crippen LogP contribution in [0.15, 0.2) is 36.7 Å². The van der Waals surface area contributed by atoms with Crippen molar-refractivity contribution in [2.75, 3.05) is 6.54 Å². The van der Waals surface area contributed by atoms with Crippen LogP contribution in [0.25, 0.3) is 0 Å². The fourth-order valence-electron chi connectivity index (χ4n) is 1.43. The molecule has 0 aliphatic rings. The Kier molecular flexibility index (Phi) is 7.68. The van der Waals surface area contributed by atoms with Crippen LogP contribution < -0.4 is 11.5 Å². The number of hydrogen-bond acceptors (Lipinski definition) is 4. The summed E-state index contributed by atoms with van der Waals surface area (Å²) in [4.78, 5) is 18.1. The molecule has 5 nitrogen and oxygen atoms in total. The first-order valence-electron chi connectivity index (χ1n) is 6.20. The number of amides is 1. The van der Waals surface area contributed by atoms with Crippen molar-refractivity contribution in [2.24, 2.45) is 11.5 Å². The van der Waals surface area contributed by atoms with E-state index in [2.05, 4.69) is 9.97 Å². The standard InChI is InChI=1S/C7H7ClN2O.C7H9ClN2/c8-6-2-1-5(4-10-6)3-7(9)11;8-7-2-1-6(3-4-9)5-10-7/h1-2,4H,3H2,(H2,9,11);1-2,5H,3-4,9H2. The van der Waals surface area contributed by atoms with E-state index in [1.165, 1.54) is 6.20 Å². The van der Waals surface area contributed by atoms with E-state index >= 15 is 0 Å². The average molecular weight is 327 g/mol. The van der Waals surface area contributed by atoms with Crippen LogP contribution >= 0.6 is 23.2 Å². The van der Waals surface area contributed by atoms with Crippen molar-refractivity contribution in [3.05, 3.63) is 58.1 Å². The van der Waals surface area contributed by atoms with Gasteiger partial charge in [0.15, 0.2) is 0 Å². The Labute approximate surface area is 133 Å². The van der Waals surface area contributed by atoms with Gasteiger partial charge in [-0.05, 0) is 36.2 Å². The molecule has 0 spiro atoms. The van der Waals surface area contributed by atoms with Crippen molar-refractivity contribution in [3.8, 4) is 0 Å². The first kappa shape index (κ1) is 17.4. The molecule has 0 bridgehead atoms. The second kappa shape index (κ2) is 9.28. The highest BCUT2D eigenvalue weighted by molar-refractivity contribution is 6.29. The van der Waals surface area contributed by atoms with Crippen molar-refractivity contribution in [3.63, 3.8) is 0 Å². The van der Waals surface area contributed by atoms with Crippen LogP contribution in [0.5, 0.6) is 0 Å². The van der Waals surface area contributed by atoms with E-state index in [-0.39, 0.29) is 12.3 Å². The molecule has 0 fully saturated rings. The third-order valence-electron chi connectivity index (χ3n) is 2.39. The Bertz CT molecular complexity index is 558. The van der Waals surface area contributed by atoms with Crippen LogP contribution in [-0.2, 0) is 17.6 Å². The molecule has 21 heavy (non-hydrogen) atoms. The molecule has 0 aliphatic heterocycles. The molecular weight excluding hydrogens is 311 g/mol. The summed E-state index contributed by atoms with van der Waals surface area (Å²) in [6.45, 7) is 0.656. The number of rotatable bonds is 4. The Hall–Kier alpha value is -1.69. The van der Waals surface area contributed by atoms with Gasteiger partial charge in [-0.2, -0.15) is 0 Å². The minimum Gasteiger partial charge on any atom is -0.369 e. The first-order chi connectivity index (χ1) is 10.0. The summed E-state index contributed by atoms with van der Waals surface area (Å²) in [5.74, 6) is -0.367. The van der Waals surface area contributed by atoms with Gasteiger partial charge in [0.05, 0.1) is 6.42 Å². The SMILES string of the molecule is NC(=O)Cc1ccc(Cl)nc1.NCCc1ccc(Cl)nc1. The summed E-state index contributed by atoms with van der Waals surface area (Å²) >= 11 is 11.1. The maximum absolute atomic E-state index is 10.4. The number of halogens is 2. The number of nitrogens with zero attached hydrogens (tertiary/aromatic N) is 2. The lowest BCUT2D eigenvalue weighted by Gasteiger charge is -1.95. The first-order valence-corrected chi connectivity index (χ1v) is 6.96. The van der Waals surface area contributed by atoms with Gasteiger partial charge in [-0.1, -0.05) is 35.3 Å². The molecule has 4 N–H and O–H groups in total. The van der Waals surface area contributed by atoms with E-state index in [4.69, 9.17) is 34.7 Å². The Morgan fingerprint density at radius 2 is 1.52 bits per heavy atom. The molecular formula is C14H16Cl2N4O. The van der Waals surface area contributed by atoms with Crippen molar-refractivity contribution in [1.29, 1.82) is 0 Å². The molecule has 2 aromatic heterocycles. The number of primary amides is 1. The average Bonchev–Trinajstić information content (AvgIpc) is 2.44. The van der Waals surface area contributed by atoms with Gasteiger partial charge in [-0.15, -0.1) is 0 Å². The monoisotopic (exact) mass is 326 g/mol. The number of hydrogen-bond donors (Lipinski definition) is 2. The Morgan fingerprint density at radius 3 is 1.90 bits per heavy atom. The van der Waals surface area contributed by atoms with E-state index in [1.807, 2.05) is 6.07 Å². The number of aromatic nitrogens is 2. The maximum Gasteiger partial charge on any atom is 0.221 e. The molecule has 2 rings (SSSR count). The summed E-state index contributed by atoms with van der Waals surface area (Å²) in [6.07, 6.45) is 4.36. The normalized spacial score (nSPS) is 9.67. The third-order valence-corrected chi connectivity index (χ3v) is 2.84. The summed E-state index contributed by atoms with van der Waals surface area (Å²) in [7, 11) is 0. The zero-order valence-corrected chi connectivity index (χ0v) is 12.8. The lowest BCUT2D eigenvalue weighted by atomic mass is 10.2. The van der Waals surface area contributed by atoms with E-state index in [0.717, 1.165) is 17.5 Å². The summed E-state index contributed by atoms with van der Waals surface area (Å²) in [5.41, 5.74) is 12.2. The molecule has 112 valence electrons. The maximum atomic E-state index is 10.4. The molecule has 0 saturated carbocycles. The van der Waals surface area contributed by atoms with Crippen LogP contribution in [0, 0.1) is 0 Å². The summed E-state index contributed by atoms with van der Waals surface area (Å²) < 4.78 is 0. The van der Waals surface area contributed by atoms with E-state index < -0.39 is 0 Å². The van der Waals surface area contributed by atoms with Crippen LogP contribution in [0.4, 0.5) is 0 Å². The van der Waals surface area contributed by atoms with Crippen molar-refractivity contribution in [2.45, 2.75) is 12.8 Å². The van der Waals surface area contributed by atoms with E-state index in [0.29, 0.717) is 16.9 Å². The molecule has 2 heterocycles. The van der Waals surface area contributed by atoms with Gasteiger partial charge in [0.25, 0.3) is 0 Å². The zero-order chi connectivity index (χ0) is 15.7. The van der Waals surface area contributed by atoms with Gasteiger partial charge in [-0.3, -0.25) is 4.79 Å².